The third-order valence-electron chi connectivity index (χ3n) is 2.13. The smallest absolute Gasteiger partial charge is 0.279 e. The van der Waals surface area contributed by atoms with Crippen LogP contribution in [0.15, 0.2) is 24.3 Å². The Kier molecular flexibility index (Phi) is 4.45. The summed E-state index contributed by atoms with van der Waals surface area (Å²) >= 11 is 0. The van der Waals surface area contributed by atoms with Crippen molar-refractivity contribution >= 4 is 15.7 Å². The summed E-state index contributed by atoms with van der Waals surface area (Å²) < 4.78 is 48.6. The molecule has 0 bridgehead atoms. The molecule has 0 saturated carbocycles. The van der Waals surface area contributed by atoms with E-state index < -0.39 is 15.8 Å². The molecule has 1 rings (SSSR count). The Morgan fingerprint density at radius 2 is 1.82 bits per heavy atom. The first-order chi connectivity index (χ1) is 7.83. The molecule has 0 heterocycles. The lowest BCUT2D eigenvalue weighted by Crippen LogP contribution is -2.21. The van der Waals surface area contributed by atoms with Gasteiger partial charge in [0.15, 0.2) is 0 Å². The normalized spacial score (nSPS) is 12.1. The minimum absolute atomic E-state index is 0.224. The van der Waals surface area contributed by atoms with Gasteiger partial charge in [-0.3, -0.25) is 4.72 Å². The number of halogens is 2. The van der Waals surface area contributed by atoms with E-state index in [1.54, 1.807) is 18.2 Å². The second-order valence-corrected chi connectivity index (χ2v) is 5.81. The van der Waals surface area contributed by atoms with Gasteiger partial charge in [0.1, 0.15) is 0 Å². The molecule has 0 fully saturated rings. The van der Waals surface area contributed by atoms with Crippen molar-refractivity contribution in [1.82, 2.24) is 0 Å². The number of para-hydroxylation sites is 1. The minimum atomic E-state index is -4.59. The number of nitrogens with one attached hydrogen (secondary N) is 1. The first-order valence-electron chi connectivity index (χ1n) is 5.20. The van der Waals surface area contributed by atoms with Gasteiger partial charge in [-0.15, -0.1) is 0 Å². The molecule has 3 nitrogen and oxygen atoms in total. The summed E-state index contributed by atoms with van der Waals surface area (Å²) in [6.45, 7) is 3.94. The van der Waals surface area contributed by atoms with E-state index in [-0.39, 0.29) is 5.69 Å². The highest BCUT2D eigenvalue weighted by molar-refractivity contribution is 7.93. The molecule has 0 aromatic heterocycles. The molecule has 1 aromatic carbocycles. The molecule has 0 radical (unpaired) electrons. The number of sulfonamides is 1. The lowest BCUT2D eigenvalue weighted by Gasteiger charge is -2.13. The van der Waals surface area contributed by atoms with Crippen LogP contribution in [0.3, 0.4) is 0 Å². The molecule has 96 valence electrons. The fourth-order valence-corrected chi connectivity index (χ4v) is 2.03. The number of benzene rings is 1. The Balaban J connectivity index is 2.99. The first kappa shape index (κ1) is 13.9. The molecular weight excluding hydrogens is 248 g/mol. The Bertz CT molecular complexity index is 472. The van der Waals surface area contributed by atoms with Crippen LogP contribution in [0, 0.1) is 5.92 Å². The van der Waals surface area contributed by atoms with Crippen LogP contribution in [0.25, 0.3) is 0 Å². The zero-order valence-electron chi connectivity index (χ0n) is 9.65. The lowest BCUT2D eigenvalue weighted by molar-refractivity contribution is 0.236. The van der Waals surface area contributed by atoms with E-state index in [9.17, 15) is 17.2 Å². The fraction of sp³-hybridized carbons (Fsp3) is 0.455. The molecule has 17 heavy (non-hydrogen) atoms. The van der Waals surface area contributed by atoms with Crippen molar-refractivity contribution in [3.8, 4) is 0 Å². The summed E-state index contributed by atoms with van der Waals surface area (Å²) in [5.41, 5.74) is 0.938. The van der Waals surface area contributed by atoms with Crippen LogP contribution in [0.1, 0.15) is 19.4 Å². The SMILES string of the molecule is CC(C)Cc1ccccc1NS(=O)(=O)C(F)F. The van der Waals surface area contributed by atoms with E-state index in [4.69, 9.17) is 0 Å². The molecule has 0 aliphatic rings. The molecule has 1 aromatic rings. The predicted octanol–water partition coefficient (Wildman–Crippen LogP) is 2.85. The second-order valence-electron chi connectivity index (χ2n) is 4.16. The maximum absolute atomic E-state index is 12.2. The van der Waals surface area contributed by atoms with Gasteiger partial charge in [0.05, 0.1) is 5.69 Å². The summed E-state index contributed by atoms with van der Waals surface area (Å²) in [4.78, 5) is 0. The van der Waals surface area contributed by atoms with E-state index in [1.165, 1.54) is 6.07 Å². The van der Waals surface area contributed by atoms with Crippen molar-refractivity contribution in [3.05, 3.63) is 29.8 Å². The van der Waals surface area contributed by atoms with E-state index in [0.717, 1.165) is 0 Å². The standard InChI is InChI=1S/C11H15F2NO2S/c1-8(2)7-9-5-3-4-6-10(9)14-17(15,16)11(12)13/h3-6,8,11,14H,7H2,1-2H3. The van der Waals surface area contributed by atoms with Crippen molar-refractivity contribution in [2.24, 2.45) is 5.92 Å². The third-order valence-corrected chi connectivity index (χ3v) is 3.11. The Hall–Kier alpha value is -1.17. The monoisotopic (exact) mass is 263 g/mol. The van der Waals surface area contributed by atoms with Crippen molar-refractivity contribution in [3.63, 3.8) is 0 Å². The van der Waals surface area contributed by atoms with Crippen molar-refractivity contribution in [1.29, 1.82) is 0 Å². The maximum Gasteiger partial charge on any atom is 0.355 e. The average Bonchev–Trinajstić information content (AvgIpc) is 2.19. The highest BCUT2D eigenvalue weighted by Gasteiger charge is 2.24. The topological polar surface area (TPSA) is 46.2 Å². The molecule has 1 N–H and O–H groups in total. The largest absolute Gasteiger partial charge is 0.355 e. The van der Waals surface area contributed by atoms with E-state index in [2.05, 4.69) is 0 Å². The van der Waals surface area contributed by atoms with Crippen molar-refractivity contribution in [2.45, 2.75) is 26.0 Å². The van der Waals surface area contributed by atoms with Gasteiger partial charge in [0.25, 0.3) is 10.0 Å². The van der Waals surface area contributed by atoms with Crippen LogP contribution in [0.4, 0.5) is 14.5 Å². The predicted molar refractivity (Wildman–Crippen MR) is 63.5 cm³/mol. The van der Waals surface area contributed by atoms with Gasteiger partial charge in [0, 0.05) is 0 Å². The first-order valence-corrected chi connectivity index (χ1v) is 6.75. The molecule has 0 unspecified atom stereocenters. The third kappa shape index (κ3) is 3.96. The van der Waals surface area contributed by atoms with Crippen LogP contribution in [0.5, 0.6) is 0 Å². The quantitative estimate of drug-likeness (QED) is 0.888. The number of alkyl halides is 2. The number of hydrogen-bond acceptors (Lipinski definition) is 2. The zero-order chi connectivity index (χ0) is 13.1. The van der Waals surface area contributed by atoms with Crippen LogP contribution < -0.4 is 4.72 Å². The second kappa shape index (κ2) is 5.44. The maximum atomic E-state index is 12.2. The van der Waals surface area contributed by atoms with Gasteiger partial charge < -0.3 is 0 Å². The lowest BCUT2D eigenvalue weighted by atomic mass is 10.0. The van der Waals surface area contributed by atoms with Crippen LogP contribution in [-0.4, -0.2) is 14.2 Å². The van der Waals surface area contributed by atoms with E-state index in [1.807, 2.05) is 18.6 Å². The van der Waals surface area contributed by atoms with Gasteiger partial charge >= 0.3 is 5.76 Å². The average molecular weight is 263 g/mol. The molecule has 0 aliphatic heterocycles. The van der Waals surface area contributed by atoms with E-state index >= 15 is 0 Å². The summed E-state index contributed by atoms with van der Waals surface area (Å²) in [5, 5.41) is 0. The van der Waals surface area contributed by atoms with Gasteiger partial charge in [-0.05, 0) is 24.0 Å². The summed E-state index contributed by atoms with van der Waals surface area (Å²) in [6.07, 6.45) is 0.627. The van der Waals surface area contributed by atoms with Crippen molar-refractivity contribution in [2.75, 3.05) is 4.72 Å². The summed E-state index contributed by atoms with van der Waals surface area (Å²) in [5.74, 6) is -3.11. The fourth-order valence-electron chi connectivity index (χ4n) is 1.44. The van der Waals surface area contributed by atoms with Gasteiger partial charge in [-0.25, -0.2) is 8.42 Å². The van der Waals surface area contributed by atoms with Crippen molar-refractivity contribution < 1.29 is 17.2 Å². The molecule has 0 atom stereocenters. The summed E-state index contributed by atoms with van der Waals surface area (Å²) in [6, 6.07) is 6.56. The highest BCUT2D eigenvalue weighted by atomic mass is 32.2. The molecule has 0 aliphatic carbocycles. The zero-order valence-corrected chi connectivity index (χ0v) is 10.5. The number of rotatable bonds is 5. The summed E-state index contributed by atoms with van der Waals surface area (Å²) in [7, 11) is -4.59. The Morgan fingerprint density at radius 3 is 2.35 bits per heavy atom. The molecule has 0 amide bonds. The molecule has 0 saturated heterocycles. The molecule has 0 spiro atoms. The number of hydrogen-bond donors (Lipinski definition) is 1. The molecular formula is C11H15F2NO2S. The highest BCUT2D eigenvalue weighted by Crippen LogP contribution is 2.21. The molecule has 6 heteroatoms. The Labute approximate surface area is 99.9 Å². The van der Waals surface area contributed by atoms with Crippen LogP contribution in [-0.2, 0) is 16.4 Å². The van der Waals surface area contributed by atoms with Gasteiger partial charge in [0.2, 0.25) is 0 Å². The minimum Gasteiger partial charge on any atom is -0.279 e. The van der Waals surface area contributed by atoms with Crippen LogP contribution >= 0.6 is 0 Å². The van der Waals surface area contributed by atoms with Crippen LogP contribution in [0.2, 0.25) is 0 Å². The van der Waals surface area contributed by atoms with E-state index in [0.29, 0.717) is 17.9 Å². The van der Waals surface area contributed by atoms with Gasteiger partial charge in [-0.1, -0.05) is 32.0 Å². The number of anilines is 1. The van der Waals surface area contributed by atoms with Gasteiger partial charge in [-0.2, -0.15) is 8.78 Å². The Morgan fingerprint density at radius 1 is 1.24 bits per heavy atom.